The molecule has 0 bridgehead atoms. The number of benzene rings is 1. The number of hydroxylamine groups is 2. The number of nitriles is 1. The number of carbonyl (C=O) groups is 2. The molecule has 34 heavy (non-hydrogen) atoms. The Kier molecular flexibility index (Phi) is 6.62. The van der Waals surface area contributed by atoms with Crippen molar-refractivity contribution < 1.29 is 40.8 Å². The Balaban J connectivity index is 1.90. The highest BCUT2D eigenvalue weighted by molar-refractivity contribution is 7.92. The number of carbonyl (C=O) groups excluding carboxylic acids is 2. The van der Waals surface area contributed by atoms with Crippen LogP contribution >= 0.6 is 0 Å². The first kappa shape index (κ1) is 25.8. The number of halogens is 3. The summed E-state index contributed by atoms with van der Waals surface area (Å²) in [7, 11) is -4.60. The van der Waals surface area contributed by atoms with E-state index in [1.54, 1.807) is 20.8 Å². The summed E-state index contributed by atoms with van der Waals surface area (Å²) in [6, 6.07) is 4.35. The van der Waals surface area contributed by atoms with Crippen LogP contribution in [0.3, 0.4) is 0 Å². The summed E-state index contributed by atoms with van der Waals surface area (Å²) in [5, 5.41) is 11.0. The van der Waals surface area contributed by atoms with Gasteiger partial charge in [-0.1, -0.05) is 12.1 Å². The van der Waals surface area contributed by atoms with Gasteiger partial charge in [0.25, 0.3) is 0 Å². The minimum atomic E-state index is -4.92. The molecule has 1 amide bonds. The summed E-state index contributed by atoms with van der Waals surface area (Å²) in [6.45, 7) is 4.13. The molecule has 3 rings (SSSR count). The van der Waals surface area contributed by atoms with Crippen LogP contribution in [-0.2, 0) is 30.4 Å². The Hall–Kier alpha value is -2.85. The van der Waals surface area contributed by atoms with Crippen molar-refractivity contribution in [1.82, 2.24) is 10.4 Å². The van der Waals surface area contributed by atoms with E-state index >= 15 is 0 Å². The van der Waals surface area contributed by atoms with Crippen molar-refractivity contribution in [3.05, 3.63) is 29.8 Å². The van der Waals surface area contributed by atoms with Gasteiger partial charge in [-0.05, 0) is 52.2 Å². The van der Waals surface area contributed by atoms with Crippen LogP contribution in [0.4, 0.5) is 18.0 Å². The van der Waals surface area contributed by atoms with Crippen LogP contribution in [0.2, 0.25) is 0 Å². The molecule has 9 nitrogen and oxygen atoms in total. The van der Waals surface area contributed by atoms with Crippen molar-refractivity contribution in [3.63, 3.8) is 0 Å². The lowest BCUT2D eigenvalue weighted by Crippen LogP contribution is -2.48. The molecule has 2 fully saturated rings. The summed E-state index contributed by atoms with van der Waals surface area (Å²) in [4.78, 5) is 29.2. The average Bonchev–Trinajstić information content (AvgIpc) is 3.35. The maximum Gasteiger partial charge on any atom is 0.528 e. The van der Waals surface area contributed by atoms with Crippen molar-refractivity contribution in [3.8, 4) is 6.07 Å². The molecule has 1 saturated carbocycles. The maximum atomic E-state index is 13.5. The summed E-state index contributed by atoms with van der Waals surface area (Å²) in [5.74, 6) is -0.774. The minimum absolute atomic E-state index is 0.398. The molecule has 1 aromatic rings. The van der Waals surface area contributed by atoms with E-state index in [0.717, 1.165) is 17.2 Å². The number of hydrogen-bond acceptors (Lipinski definition) is 8. The van der Waals surface area contributed by atoms with E-state index in [1.165, 1.54) is 6.07 Å². The molecule has 13 heteroatoms. The van der Waals surface area contributed by atoms with Crippen molar-refractivity contribution in [2.75, 3.05) is 6.54 Å². The summed E-state index contributed by atoms with van der Waals surface area (Å²) in [6.07, 6.45) is -5.78. The second-order valence-electron chi connectivity index (χ2n) is 9.25. The highest BCUT2D eigenvalue weighted by Gasteiger charge is 2.51. The van der Waals surface area contributed by atoms with Crippen LogP contribution in [0, 0.1) is 11.3 Å². The fourth-order valence-electron chi connectivity index (χ4n) is 3.53. The van der Waals surface area contributed by atoms with Gasteiger partial charge in [0.15, 0.2) is 9.84 Å². The zero-order chi connectivity index (χ0) is 25.5. The van der Waals surface area contributed by atoms with Gasteiger partial charge in [-0.2, -0.15) is 18.4 Å². The second kappa shape index (κ2) is 8.74. The zero-order valence-electron chi connectivity index (χ0n) is 18.7. The molecule has 1 aliphatic heterocycles. The molecule has 1 aromatic carbocycles. The van der Waals surface area contributed by atoms with Gasteiger partial charge in [0.2, 0.25) is 5.91 Å². The van der Waals surface area contributed by atoms with Gasteiger partial charge in [-0.3, -0.25) is 4.79 Å². The third-order valence-corrected chi connectivity index (χ3v) is 7.55. The highest BCUT2D eigenvalue weighted by atomic mass is 32.2. The maximum absolute atomic E-state index is 13.5. The smallest absolute Gasteiger partial charge is 0.427 e. The third-order valence-electron chi connectivity index (χ3n) is 5.37. The predicted molar refractivity (Wildman–Crippen MR) is 111 cm³/mol. The van der Waals surface area contributed by atoms with Crippen molar-refractivity contribution in [2.24, 2.45) is 0 Å². The Morgan fingerprint density at radius 3 is 2.35 bits per heavy atom. The van der Waals surface area contributed by atoms with Crippen LogP contribution < -0.4 is 5.32 Å². The molecule has 1 aliphatic carbocycles. The molecule has 0 aromatic heterocycles. The van der Waals surface area contributed by atoms with E-state index < -0.39 is 73.9 Å². The number of alkyl halides is 3. The summed E-state index contributed by atoms with van der Waals surface area (Å²) >= 11 is 0. The molecule has 0 spiro atoms. The van der Waals surface area contributed by atoms with E-state index in [0.29, 0.717) is 18.9 Å². The molecule has 1 saturated heterocycles. The molecular formula is C21H24F3N3O6S. The van der Waals surface area contributed by atoms with Crippen LogP contribution in [0.1, 0.15) is 45.6 Å². The highest BCUT2D eigenvalue weighted by Crippen LogP contribution is 2.39. The van der Waals surface area contributed by atoms with E-state index in [2.05, 4.69) is 5.32 Å². The molecule has 186 valence electrons. The Morgan fingerprint density at radius 1 is 1.21 bits per heavy atom. The van der Waals surface area contributed by atoms with Gasteiger partial charge in [-0.25, -0.2) is 13.2 Å². The van der Waals surface area contributed by atoms with Gasteiger partial charge in [0, 0.05) is 0 Å². The van der Waals surface area contributed by atoms with Crippen molar-refractivity contribution in [2.45, 2.75) is 73.5 Å². The standard InChI is InChI=1S/C21H24F3N3O6S/c1-19(2,3)32-18(29)33-27-11-13(10-15(27)17(28)26-20(12-25)8-9-20)34(30,31)16-7-5-4-6-14(16)21(22,23)24/h4-7,13,15H,8-11H2,1-3H3,(H,26,28)/t13-,15-/m0/s1. The number of sulfone groups is 1. The van der Waals surface area contributed by atoms with Gasteiger partial charge in [0.05, 0.1) is 28.3 Å². The summed E-state index contributed by atoms with van der Waals surface area (Å²) in [5.41, 5.74) is -3.37. The van der Waals surface area contributed by atoms with Crippen LogP contribution in [0.25, 0.3) is 0 Å². The number of ether oxygens (including phenoxy) is 1. The number of nitrogens with one attached hydrogen (secondary N) is 1. The Bertz CT molecular complexity index is 1120. The van der Waals surface area contributed by atoms with Gasteiger partial charge in [-0.15, -0.1) is 5.06 Å². The molecular weight excluding hydrogens is 479 g/mol. The van der Waals surface area contributed by atoms with Gasteiger partial charge < -0.3 is 14.9 Å². The van der Waals surface area contributed by atoms with Crippen LogP contribution in [0.15, 0.2) is 29.2 Å². The number of nitrogens with zero attached hydrogens (tertiary/aromatic N) is 2. The molecule has 2 aliphatic rings. The second-order valence-corrected chi connectivity index (χ2v) is 11.4. The minimum Gasteiger partial charge on any atom is -0.427 e. The van der Waals surface area contributed by atoms with E-state index in [9.17, 15) is 36.4 Å². The Labute approximate surface area is 194 Å². The zero-order valence-corrected chi connectivity index (χ0v) is 19.5. The monoisotopic (exact) mass is 503 g/mol. The van der Waals surface area contributed by atoms with Gasteiger partial charge >= 0.3 is 12.3 Å². The topological polar surface area (TPSA) is 126 Å². The van der Waals surface area contributed by atoms with E-state index in [4.69, 9.17) is 9.57 Å². The normalized spacial score (nSPS) is 22.5. The Morgan fingerprint density at radius 2 is 1.82 bits per heavy atom. The summed E-state index contributed by atoms with van der Waals surface area (Å²) < 4.78 is 71.8. The first-order chi connectivity index (χ1) is 15.6. The largest absolute Gasteiger partial charge is 0.528 e. The van der Waals surface area contributed by atoms with Gasteiger partial charge in [0.1, 0.15) is 17.2 Å². The fraction of sp³-hybridized carbons (Fsp3) is 0.571. The average molecular weight is 503 g/mol. The molecule has 0 radical (unpaired) electrons. The number of rotatable bonds is 5. The van der Waals surface area contributed by atoms with E-state index in [1.807, 2.05) is 6.07 Å². The first-order valence-electron chi connectivity index (χ1n) is 10.4. The van der Waals surface area contributed by atoms with Crippen molar-refractivity contribution >= 4 is 21.9 Å². The quantitative estimate of drug-likeness (QED) is 0.608. The molecule has 1 N–H and O–H groups in total. The molecule has 2 atom stereocenters. The fourth-order valence-corrected chi connectivity index (χ4v) is 5.43. The lowest BCUT2D eigenvalue weighted by Gasteiger charge is -2.25. The molecule has 1 heterocycles. The van der Waals surface area contributed by atoms with Crippen LogP contribution in [0.5, 0.6) is 0 Å². The predicted octanol–water partition coefficient (Wildman–Crippen LogP) is 2.96. The van der Waals surface area contributed by atoms with Crippen LogP contribution in [-0.4, -0.2) is 54.5 Å². The lowest BCUT2D eigenvalue weighted by molar-refractivity contribution is -0.162. The first-order valence-corrected chi connectivity index (χ1v) is 11.9. The number of amides is 1. The third kappa shape index (κ3) is 5.61. The number of hydrogen-bond donors (Lipinski definition) is 1. The SMILES string of the molecule is CC(C)(C)OC(=O)ON1C[C@@H](S(=O)(=O)c2ccccc2C(F)(F)F)C[C@H]1C(=O)NC1(C#N)CC1. The molecule has 0 unspecified atom stereocenters. The lowest BCUT2D eigenvalue weighted by atomic mass is 10.2. The van der Waals surface area contributed by atoms with E-state index in [-0.39, 0.29) is 0 Å². The van der Waals surface area contributed by atoms with Crippen molar-refractivity contribution in [1.29, 1.82) is 5.26 Å².